The van der Waals surface area contributed by atoms with Crippen LogP contribution in [0.1, 0.15) is 66.2 Å². The largest absolute Gasteiger partial charge is 0.312 e. The fraction of sp³-hybridized carbons (Fsp3) is 1.00. The van der Waals surface area contributed by atoms with Crippen molar-refractivity contribution in [1.82, 2.24) is 10.2 Å². The van der Waals surface area contributed by atoms with Crippen molar-refractivity contribution in [3.63, 3.8) is 0 Å². The van der Waals surface area contributed by atoms with Crippen LogP contribution in [0.15, 0.2) is 0 Å². The molecule has 2 nitrogen and oxygen atoms in total. The van der Waals surface area contributed by atoms with E-state index in [1.54, 1.807) is 0 Å². The second kappa shape index (κ2) is 6.13. The molecule has 112 valence electrons. The summed E-state index contributed by atoms with van der Waals surface area (Å²) in [7, 11) is 0. The van der Waals surface area contributed by atoms with Crippen LogP contribution in [-0.2, 0) is 0 Å². The standard InChI is InChI=1S/C17H34N2/c1-5-17(9-6-7-10-17)14-19-12-8-11-18-15(13-19)16(2,3)4/h15,18H,5-14H2,1-4H3. The Morgan fingerprint density at radius 1 is 1.16 bits per heavy atom. The second-order valence-corrected chi connectivity index (χ2v) is 8.02. The molecule has 0 aromatic rings. The minimum absolute atomic E-state index is 0.373. The average molecular weight is 266 g/mol. The summed E-state index contributed by atoms with van der Waals surface area (Å²) in [5.74, 6) is 0. The monoisotopic (exact) mass is 266 g/mol. The lowest BCUT2D eigenvalue weighted by Gasteiger charge is -2.38. The van der Waals surface area contributed by atoms with Gasteiger partial charge >= 0.3 is 0 Å². The molecule has 1 aliphatic carbocycles. The molecule has 2 fully saturated rings. The molecule has 1 aliphatic heterocycles. The lowest BCUT2D eigenvalue weighted by molar-refractivity contribution is 0.125. The highest BCUT2D eigenvalue weighted by Crippen LogP contribution is 2.41. The first-order chi connectivity index (χ1) is 8.95. The smallest absolute Gasteiger partial charge is 0.0243 e. The van der Waals surface area contributed by atoms with Crippen LogP contribution in [0.5, 0.6) is 0 Å². The van der Waals surface area contributed by atoms with Crippen LogP contribution in [0.25, 0.3) is 0 Å². The number of hydrogen-bond donors (Lipinski definition) is 1. The van der Waals surface area contributed by atoms with Gasteiger partial charge in [-0.2, -0.15) is 0 Å². The van der Waals surface area contributed by atoms with E-state index in [1.165, 1.54) is 64.7 Å². The molecule has 2 heteroatoms. The van der Waals surface area contributed by atoms with Crippen LogP contribution in [0.3, 0.4) is 0 Å². The maximum atomic E-state index is 3.77. The zero-order valence-corrected chi connectivity index (χ0v) is 13.6. The molecule has 1 N–H and O–H groups in total. The van der Waals surface area contributed by atoms with Gasteiger partial charge in [-0.1, -0.05) is 40.5 Å². The van der Waals surface area contributed by atoms with Crippen molar-refractivity contribution in [2.24, 2.45) is 10.8 Å². The molecule has 2 aliphatic rings. The molecule has 0 radical (unpaired) electrons. The summed E-state index contributed by atoms with van der Waals surface area (Å²) in [6.07, 6.45) is 8.54. The average Bonchev–Trinajstić information content (AvgIpc) is 2.67. The highest BCUT2D eigenvalue weighted by molar-refractivity contribution is 4.91. The maximum Gasteiger partial charge on any atom is 0.0243 e. The lowest BCUT2D eigenvalue weighted by Crippen LogP contribution is -2.48. The van der Waals surface area contributed by atoms with E-state index in [0.29, 0.717) is 16.9 Å². The van der Waals surface area contributed by atoms with Gasteiger partial charge in [-0.15, -0.1) is 0 Å². The van der Waals surface area contributed by atoms with Gasteiger partial charge in [0.2, 0.25) is 0 Å². The third-order valence-electron chi connectivity index (χ3n) is 5.50. The Bertz CT molecular complexity index is 273. The van der Waals surface area contributed by atoms with E-state index in [0.717, 1.165) is 0 Å². The van der Waals surface area contributed by atoms with Crippen molar-refractivity contribution in [2.75, 3.05) is 26.2 Å². The van der Waals surface area contributed by atoms with E-state index in [4.69, 9.17) is 0 Å². The quantitative estimate of drug-likeness (QED) is 0.838. The molecular formula is C17H34N2. The number of nitrogens with zero attached hydrogens (tertiary/aromatic N) is 1. The normalized spacial score (nSPS) is 29.4. The van der Waals surface area contributed by atoms with Crippen molar-refractivity contribution in [2.45, 2.75) is 72.3 Å². The predicted molar refractivity (Wildman–Crippen MR) is 83.5 cm³/mol. The minimum Gasteiger partial charge on any atom is -0.312 e. The van der Waals surface area contributed by atoms with Crippen molar-refractivity contribution >= 4 is 0 Å². The summed E-state index contributed by atoms with van der Waals surface area (Å²) in [6.45, 7) is 14.6. The number of hydrogen-bond acceptors (Lipinski definition) is 2. The van der Waals surface area contributed by atoms with Gasteiger partial charge in [0, 0.05) is 19.1 Å². The van der Waals surface area contributed by atoms with Crippen LogP contribution in [-0.4, -0.2) is 37.1 Å². The molecular weight excluding hydrogens is 232 g/mol. The highest BCUT2D eigenvalue weighted by atomic mass is 15.2. The fourth-order valence-electron chi connectivity index (χ4n) is 3.94. The van der Waals surface area contributed by atoms with Crippen molar-refractivity contribution in [3.05, 3.63) is 0 Å². The van der Waals surface area contributed by atoms with Gasteiger partial charge in [0.1, 0.15) is 0 Å². The Hall–Kier alpha value is -0.0800. The highest BCUT2D eigenvalue weighted by Gasteiger charge is 2.36. The maximum absolute atomic E-state index is 3.77. The molecule has 1 saturated heterocycles. The Morgan fingerprint density at radius 3 is 2.42 bits per heavy atom. The van der Waals surface area contributed by atoms with Crippen LogP contribution in [0.4, 0.5) is 0 Å². The zero-order chi connectivity index (χ0) is 13.9. The van der Waals surface area contributed by atoms with Crippen molar-refractivity contribution in [1.29, 1.82) is 0 Å². The van der Waals surface area contributed by atoms with E-state index < -0.39 is 0 Å². The second-order valence-electron chi connectivity index (χ2n) is 8.02. The summed E-state index contributed by atoms with van der Waals surface area (Å²) in [4.78, 5) is 2.77. The van der Waals surface area contributed by atoms with Crippen LogP contribution in [0, 0.1) is 10.8 Å². The predicted octanol–water partition coefficient (Wildman–Crippen LogP) is 3.67. The summed E-state index contributed by atoms with van der Waals surface area (Å²) in [6, 6.07) is 0.644. The van der Waals surface area contributed by atoms with E-state index in [9.17, 15) is 0 Å². The molecule has 1 heterocycles. The van der Waals surface area contributed by atoms with E-state index in [1.807, 2.05) is 0 Å². The summed E-state index contributed by atoms with van der Waals surface area (Å²) >= 11 is 0. The molecule has 0 aromatic heterocycles. The topological polar surface area (TPSA) is 15.3 Å². The van der Waals surface area contributed by atoms with Gasteiger partial charge in [0.25, 0.3) is 0 Å². The lowest BCUT2D eigenvalue weighted by atomic mass is 9.82. The number of rotatable bonds is 3. The Balaban J connectivity index is 1.98. The molecule has 1 atom stereocenters. The van der Waals surface area contributed by atoms with Crippen LogP contribution in [0.2, 0.25) is 0 Å². The minimum atomic E-state index is 0.373. The Morgan fingerprint density at radius 2 is 1.84 bits per heavy atom. The first kappa shape index (κ1) is 15.3. The first-order valence-electron chi connectivity index (χ1n) is 8.41. The molecule has 1 unspecified atom stereocenters. The summed E-state index contributed by atoms with van der Waals surface area (Å²) in [5.41, 5.74) is 1.02. The van der Waals surface area contributed by atoms with Crippen molar-refractivity contribution in [3.8, 4) is 0 Å². The molecule has 0 aromatic carbocycles. The van der Waals surface area contributed by atoms with Crippen LogP contribution >= 0.6 is 0 Å². The third kappa shape index (κ3) is 3.95. The van der Waals surface area contributed by atoms with Gasteiger partial charge in [-0.25, -0.2) is 0 Å². The third-order valence-corrected chi connectivity index (χ3v) is 5.50. The molecule has 0 bridgehead atoms. The van der Waals surface area contributed by atoms with Gasteiger partial charge in [0.15, 0.2) is 0 Å². The Labute approximate surface area is 120 Å². The number of nitrogens with one attached hydrogen (secondary N) is 1. The summed E-state index contributed by atoms with van der Waals surface area (Å²) in [5, 5.41) is 3.77. The van der Waals surface area contributed by atoms with Gasteiger partial charge in [-0.05, 0) is 49.6 Å². The molecule has 1 saturated carbocycles. The fourth-order valence-corrected chi connectivity index (χ4v) is 3.94. The zero-order valence-electron chi connectivity index (χ0n) is 13.6. The van der Waals surface area contributed by atoms with Gasteiger partial charge in [-0.3, -0.25) is 0 Å². The van der Waals surface area contributed by atoms with Gasteiger partial charge in [0.05, 0.1) is 0 Å². The van der Waals surface area contributed by atoms with Crippen LogP contribution < -0.4 is 5.32 Å². The SMILES string of the molecule is CCC1(CN2CCCNC(C(C)(C)C)C2)CCCC1. The van der Waals surface area contributed by atoms with Gasteiger partial charge < -0.3 is 10.2 Å². The van der Waals surface area contributed by atoms with E-state index >= 15 is 0 Å². The molecule has 0 spiro atoms. The van der Waals surface area contributed by atoms with Crippen molar-refractivity contribution < 1.29 is 0 Å². The molecule has 19 heavy (non-hydrogen) atoms. The van der Waals surface area contributed by atoms with E-state index in [-0.39, 0.29) is 0 Å². The molecule has 2 rings (SSSR count). The Kier molecular flexibility index (Phi) is 4.94. The van der Waals surface area contributed by atoms with E-state index in [2.05, 4.69) is 37.9 Å². The molecule has 0 amide bonds. The summed E-state index contributed by atoms with van der Waals surface area (Å²) < 4.78 is 0. The first-order valence-corrected chi connectivity index (χ1v) is 8.41.